The van der Waals surface area contributed by atoms with Crippen LogP contribution >= 0.6 is 28.4 Å². The highest BCUT2D eigenvalue weighted by atomic mass is 127. The first kappa shape index (κ1) is 11.5. The van der Waals surface area contributed by atoms with Crippen molar-refractivity contribution in [1.82, 2.24) is 0 Å². The van der Waals surface area contributed by atoms with Crippen LogP contribution in [0.5, 0.6) is 5.75 Å². The van der Waals surface area contributed by atoms with Crippen molar-refractivity contribution in [2.24, 2.45) is 0 Å². The van der Waals surface area contributed by atoms with Crippen LogP contribution in [-0.2, 0) is 4.74 Å². The number of methoxy groups -OCH3 is 1. The highest BCUT2D eigenvalue weighted by molar-refractivity contribution is 14.2. The van der Waals surface area contributed by atoms with E-state index in [1.54, 1.807) is 7.11 Å². The molecule has 0 bridgehead atoms. The predicted molar refractivity (Wildman–Crippen MR) is 73.4 cm³/mol. The molecule has 0 unspecified atom stereocenters. The number of hydrogen-bond acceptors (Lipinski definition) is 2. The van der Waals surface area contributed by atoms with Crippen LogP contribution in [-0.4, -0.2) is 31.8 Å². The Morgan fingerprint density at radius 3 is 2.33 bits per heavy atom. The summed E-state index contributed by atoms with van der Waals surface area (Å²) in [7, 11) is 1.05. The number of ether oxygens (including phenoxy) is 2. The van der Waals surface area contributed by atoms with Gasteiger partial charge in [-0.2, -0.15) is 7.20 Å². The lowest BCUT2D eigenvalue weighted by Crippen LogP contribution is -2.19. The zero-order valence-corrected chi connectivity index (χ0v) is 11.7. The molecule has 0 atom stereocenters. The minimum absolute atomic E-state index is 0.654. The second-order valence-electron chi connectivity index (χ2n) is 3.48. The summed E-state index contributed by atoms with van der Waals surface area (Å²) < 4.78 is 10.6. The lowest BCUT2D eigenvalue weighted by atomic mass is 10.3. The largest absolute Gasteiger partial charge is 0.497 e. The molecule has 1 aromatic rings. The van der Waals surface area contributed by atoms with E-state index in [0.29, 0.717) is 0 Å². The Morgan fingerprint density at radius 2 is 1.80 bits per heavy atom. The van der Waals surface area contributed by atoms with Gasteiger partial charge < -0.3 is 9.47 Å². The summed E-state index contributed by atoms with van der Waals surface area (Å²) in [6.45, 7) is 1.81. The standard InChI is InChI=1S/C11H15IO2S/c1-13-10-2-4-11(5-3-10)15(12)8-6-14-7-9-15/h2-5H,6-9H2,1H3. The molecule has 0 radical (unpaired) electrons. The lowest BCUT2D eigenvalue weighted by molar-refractivity contribution is 0.160. The van der Waals surface area contributed by atoms with Gasteiger partial charge in [0.05, 0.1) is 20.3 Å². The smallest absolute Gasteiger partial charge is 0.118 e. The molecule has 1 saturated heterocycles. The maximum absolute atomic E-state index is 5.42. The maximum Gasteiger partial charge on any atom is 0.118 e. The Bertz CT molecular complexity index is 320. The molecule has 0 N–H and O–H groups in total. The molecular formula is C11H15IO2S. The minimum Gasteiger partial charge on any atom is -0.497 e. The summed E-state index contributed by atoms with van der Waals surface area (Å²) in [5.74, 6) is 3.30. The Morgan fingerprint density at radius 1 is 1.20 bits per heavy atom. The lowest BCUT2D eigenvalue weighted by Gasteiger charge is -2.37. The molecule has 0 aliphatic carbocycles. The average molecular weight is 338 g/mol. The zero-order chi connectivity index (χ0) is 10.7. The Hall–Kier alpha value is 0.0600. The molecule has 0 spiro atoms. The van der Waals surface area contributed by atoms with E-state index in [2.05, 4.69) is 45.5 Å². The molecule has 0 aromatic heterocycles. The van der Waals surface area contributed by atoms with Crippen LogP contribution in [0.25, 0.3) is 0 Å². The summed E-state index contributed by atoms with van der Waals surface area (Å²) >= 11 is 2.64. The van der Waals surface area contributed by atoms with Crippen LogP contribution in [0, 0.1) is 0 Å². The first-order chi connectivity index (χ1) is 7.24. The van der Waals surface area contributed by atoms with Gasteiger partial charge in [-0.15, -0.1) is 0 Å². The normalized spacial score (nSPS) is 22.0. The first-order valence-corrected chi connectivity index (χ1v) is 9.46. The quantitative estimate of drug-likeness (QED) is 0.771. The van der Waals surface area contributed by atoms with Crippen LogP contribution in [0.15, 0.2) is 29.2 Å². The zero-order valence-electron chi connectivity index (χ0n) is 8.74. The van der Waals surface area contributed by atoms with Crippen LogP contribution in [0.4, 0.5) is 0 Å². The van der Waals surface area contributed by atoms with Crippen molar-refractivity contribution in [3.63, 3.8) is 0 Å². The first-order valence-electron chi connectivity index (χ1n) is 4.95. The second-order valence-corrected chi connectivity index (χ2v) is 11.4. The summed E-state index contributed by atoms with van der Waals surface area (Å²) in [4.78, 5) is 1.47. The van der Waals surface area contributed by atoms with Crippen molar-refractivity contribution < 1.29 is 9.47 Å². The molecule has 1 fully saturated rings. The van der Waals surface area contributed by atoms with E-state index in [1.807, 2.05) is 0 Å². The van der Waals surface area contributed by atoms with Gasteiger partial charge in [-0.25, -0.2) is 0 Å². The van der Waals surface area contributed by atoms with Crippen LogP contribution in [0.1, 0.15) is 0 Å². The molecule has 0 amide bonds. The van der Waals surface area contributed by atoms with Crippen LogP contribution < -0.4 is 4.74 Å². The second kappa shape index (κ2) is 4.93. The Balaban J connectivity index is 2.20. The van der Waals surface area contributed by atoms with Crippen molar-refractivity contribution in [2.75, 3.05) is 31.8 Å². The number of hydrogen-bond donors (Lipinski definition) is 0. The van der Waals surface area contributed by atoms with Gasteiger partial charge in [0.1, 0.15) is 5.75 Å². The Labute approximate surface area is 104 Å². The van der Waals surface area contributed by atoms with Gasteiger partial charge in [0, 0.05) is 11.5 Å². The van der Waals surface area contributed by atoms with Gasteiger partial charge in [0.2, 0.25) is 0 Å². The van der Waals surface area contributed by atoms with Gasteiger partial charge in [-0.1, -0.05) is 0 Å². The number of rotatable bonds is 2. The van der Waals surface area contributed by atoms with Gasteiger partial charge >= 0.3 is 0 Å². The molecular weight excluding hydrogens is 323 g/mol. The fraction of sp³-hybridized carbons (Fsp3) is 0.455. The van der Waals surface area contributed by atoms with Crippen LogP contribution in [0.2, 0.25) is 0 Å². The predicted octanol–water partition coefficient (Wildman–Crippen LogP) is 3.24. The third-order valence-electron chi connectivity index (χ3n) is 2.58. The fourth-order valence-electron chi connectivity index (χ4n) is 1.64. The molecule has 0 saturated carbocycles. The average Bonchev–Trinajstić information content (AvgIpc) is 2.30. The summed E-state index contributed by atoms with van der Waals surface area (Å²) in [5, 5.41) is 0. The highest BCUT2D eigenvalue weighted by Crippen LogP contribution is 2.63. The third kappa shape index (κ3) is 2.60. The van der Waals surface area contributed by atoms with E-state index < -0.39 is 7.20 Å². The topological polar surface area (TPSA) is 18.5 Å². The number of benzene rings is 1. The molecule has 15 heavy (non-hydrogen) atoms. The van der Waals surface area contributed by atoms with Gasteiger partial charge in [0.25, 0.3) is 0 Å². The molecule has 1 heterocycles. The summed E-state index contributed by atoms with van der Waals surface area (Å²) in [6.07, 6.45) is 0. The molecule has 84 valence electrons. The van der Waals surface area contributed by atoms with E-state index >= 15 is 0 Å². The molecule has 1 aliphatic rings. The molecule has 2 rings (SSSR count). The van der Waals surface area contributed by atoms with Crippen molar-refractivity contribution in [3.8, 4) is 5.75 Å². The van der Waals surface area contributed by atoms with E-state index in [4.69, 9.17) is 9.47 Å². The van der Waals surface area contributed by atoms with E-state index in [-0.39, 0.29) is 0 Å². The highest BCUT2D eigenvalue weighted by Gasteiger charge is 2.25. The molecule has 4 heteroatoms. The monoisotopic (exact) mass is 338 g/mol. The molecule has 2 nitrogen and oxygen atoms in total. The Kier molecular flexibility index (Phi) is 3.79. The molecule has 1 aliphatic heterocycles. The van der Waals surface area contributed by atoms with Crippen LogP contribution in [0.3, 0.4) is 0 Å². The maximum atomic E-state index is 5.42. The van der Waals surface area contributed by atoms with Crippen molar-refractivity contribution in [2.45, 2.75) is 4.90 Å². The fourth-order valence-corrected chi connectivity index (χ4v) is 5.66. The van der Waals surface area contributed by atoms with Crippen molar-refractivity contribution >= 4 is 28.4 Å². The van der Waals surface area contributed by atoms with Crippen molar-refractivity contribution in [1.29, 1.82) is 0 Å². The molecule has 1 aromatic carbocycles. The van der Waals surface area contributed by atoms with E-state index in [1.165, 1.54) is 16.4 Å². The van der Waals surface area contributed by atoms with Gasteiger partial charge in [-0.3, -0.25) is 0 Å². The van der Waals surface area contributed by atoms with E-state index in [9.17, 15) is 0 Å². The summed E-state index contributed by atoms with van der Waals surface area (Å²) in [6, 6.07) is 8.51. The van der Waals surface area contributed by atoms with E-state index in [0.717, 1.165) is 19.0 Å². The van der Waals surface area contributed by atoms with Crippen molar-refractivity contribution in [3.05, 3.63) is 24.3 Å². The minimum atomic E-state index is -0.654. The van der Waals surface area contributed by atoms with Gasteiger partial charge in [0.15, 0.2) is 0 Å². The SMILES string of the molecule is COc1ccc(S2(I)CCOCC2)cc1. The van der Waals surface area contributed by atoms with Gasteiger partial charge in [-0.05, 0) is 50.4 Å². The third-order valence-corrected chi connectivity index (χ3v) is 9.50. The number of halogens is 1. The summed E-state index contributed by atoms with van der Waals surface area (Å²) in [5.41, 5.74) is 0.